The molecule has 0 aromatic heterocycles. The number of rotatable bonds is 5. The van der Waals surface area contributed by atoms with E-state index in [0.29, 0.717) is 17.1 Å². The number of amides is 1. The maximum atomic E-state index is 11.5. The molecule has 2 unspecified atom stereocenters. The van der Waals surface area contributed by atoms with Crippen molar-refractivity contribution in [3.05, 3.63) is 23.8 Å². The first-order chi connectivity index (χ1) is 10.8. The van der Waals surface area contributed by atoms with Gasteiger partial charge in [-0.05, 0) is 44.9 Å². The van der Waals surface area contributed by atoms with Gasteiger partial charge in [0.25, 0.3) is 0 Å². The van der Waals surface area contributed by atoms with Crippen LogP contribution in [-0.2, 0) is 4.74 Å². The second kappa shape index (κ2) is 7.06. The van der Waals surface area contributed by atoms with Crippen LogP contribution in [0.5, 0.6) is 11.5 Å². The van der Waals surface area contributed by atoms with Crippen LogP contribution in [0.15, 0.2) is 18.2 Å². The number of benzene rings is 1. The predicted octanol–water partition coefficient (Wildman–Crippen LogP) is 1.72. The third-order valence-corrected chi connectivity index (χ3v) is 3.21. The van der Waals surface area contributed by atoms with Gasteiger partial charge in [-0.25, -0.2) is 4.79 Å². The largest absolute Gasteiger partial charge is 0.454 e. The SMILES string of the molecule is CC(C)(C)OC(=O)NCCC(O)C(O)c1ccc2c(c1)OCO2. The Labute approximate surface area is 135 Å². The van der Waals surface area contributed by atoms with Crippen molar-refractivity contribution in [2.75, 3.05) is 13.3 Å². The number of alkyl carbamates (subject to hydrolysis) is 1. The zero-order valence-electron chi connectivity index (χ0n) is 13.5. The molecule has 0 saturated carbocycles. The van der Waals surface area contributed by atoms with Gasteiger partial charge in [-0.2, -0.15) is 0 Å². The van der Waals surface area contributed by atoms with Gasteiger partial charge in [-0.15, -0.1) is 0 Å². The van der Waals surface area contributed by atoms with Crippen molar-refractivity contribution in [2.24, 2.45) is 0 Å². The molecule has 2 atom stereocenters. The first-order valence-corrected chi connectivity index (χ1v) is 7.49. The molecule has 0 saturated heterocycles. The van der Waals surface area contributed by atoms with Gasteiger partial charge in [0.15, 0.2) is 11.5 Å². The minimum absolute atomic E-state index is 0.150. The minimum atomic E-state index is -1.08. The predicted molar refractivity (Wildman–Crippen MR) is 82.4 cm³/mol. The molecule has 1 aromatic carbocycles. The Kier molecular flexibility index (Phi) is 5.33. The molecule has 3 N–H and O–H groups in total. The second-order valence-electron chi connectivity index (χ2n) is 6.34. The lowest BCUT2D eigenvalue weighted by atomic mass is 10.0. The van der Waals surface area contributed by atoms with Gasteiger partial charge < -0.3 is 29.7 Å². The Morgan fingerprint density at radius 1 is 1.30 bits per heavy atom. The van der Waals surface area contributed by atoms with E-state index in [1.54, 1.807) is 39.0 Å². The summed E-state index contributed by atoms with van der Waals surface area (Å²) in [6.07, 6.45) is -2.47. The summed E-state index contributed by atoms with van der Waals surface area (Å²) in [4.78, 5) is 11.5. The molecule has 0 radical (unpaired) electrons. The summed E-state index contributed by atoms with van der Waals surface area (Å²) in [7, 11) is 0. The van der Waals surface area contributed by atoms with E-state index in [4.69, 9.17) is 14.2 Å². The summed E-state index contributed by atoms with van der Waals surface area (Å²) in [5, 5.41) is 22.8. The number of aliphatic hydroxyl groups is 2. The number of hydrogen-bond acceptors (Lipinski definition) is 6. The van der Waals surface area contributed by atoms with Gasteiger partial charge in [-0.1, -0.05) is 6.07 Å². The zero-order valence-corrected chi connectivity index (χ0v) is 13.5. The number of fused-ring (bicyclic) bond motifs is 1. The topological polar surface area (TPSA) is 97.3 Å². The number of aliphatic hydroxyl groups excluding tert-OH is 2. The molecule has 1 aliphatic rings. The van der Waals surface area contributed by atoms with E-state index in [2.05, 4.69) is 5.32 Å². The number of carbonyl (C=O) groups excluding carboxylic acids is 1. The summed E-state index contributed by atoms with van der Waals surface area (Å²) in [5.41, 5.74) is -0.0478. The summed E-state index contributed by atoms with van der Waals surface area (Å²) in [5.74, 6) is 1.16. The minimum Gasteiger partial charge on any atom is -0.454 e. The van der Waals surface area contributed by atoms with Gasteiger partial charge in [0.2, 0.25) is 6.79 Å². The van der Waals surface area contributed by atoms with Gasteiger partial charge in [0.1, 0.15) is 11.7 Å². The van der Waals surface area contributed by atoms with E-state index in [1.807, 2.05) is 0 Å². The Morgan fingerprint density at radius 2 is 2.00 bits per heavy atom. The van der Waals surface area contributed by atoms with E-state index in [0.717, 1.165) is 0 Å². The van der Waals surface area contributed by atoms with Crippen molar-refractivity contribution < 1.29 is 29.2 Å². The van der Waals surface area contributed by atoms with Gasteiger partial charge in [-0.3, -0.25) is 0 Å². The summed E-state index contributed by atoms with van der Waals surface area (Å²) < 4.78 is 15.5. The van der Waals surface area contributed by atoms with Crippen molar-refractivity contribution in [3.63, 3.8) is 0 Å². The van der Waals surface area contributed by atoms with E-state index < -0.39 is 23.9 Å². The lowest BCUT2D eigenvalue weighted by Crippen LogP contribution is -2.34. The molecule has 1 aromatic rings. The van der Waals surface area contributed by atoms with E-state index >= 15 is 0 Å². The first-order valence-electron chi connectivity index (χ1n) is 7.49. The van der Waals surface area contributed by atoms with Crippen LogP contribution in [0, 0.1) is 0 Å². The Balaban J connectivity index is 1.81. The Bertz CT molecular complexity index is 554. The quantitative estimate of drug-likeness (QED) is 0.763. The molecule has 0 fully saturated rings. The first kappa shape index (κ1) is 17.4. The Hall–Kier alpha value is -1.99. The molecule has 7 heteroatoms. The molecule has 0 spiro atoms. The standard InChI is InChI=1S/C16H23NO6/c1-16(2,3)23-15(20)17-7-6-11(18)14(19)10-4-5-12-13(8-10)22-9-21-12/h4-5,8,11,14,18-19H,6-7,9H2,1-3H3,(H,17,20). The molecule has 0 aliphatic carbocycles. The third-order valence-electron chi connectivity index (χ3n) is 3.21. The third kappa shape index (κ3) is 5.01. The van der Waals surface area contributed by atoms with Gasteiger partial charge in [0.05, 0.1) is 6.10 Å². The normalized spacial score (nSPS) is 15.9. The fourth-order valence-electron chi connectivity index (χ4n) is 2.11. The fourth-order valence-corrected chi connectivity index (χ4v) is 2.11. The van der Waals surface area contributed by atoms with Crippen LogP contribution in [0.25, 0.3) is 0 Å². The maximum Gasteiger partial charge on any atom is 0.407 e. The van der Waals surface area contributed by atoms with Crippen molar-refractivity contribution in [2.45, 2.75) is 45.0 Å². The highest BCUT2D eigenvalue weighted by molar-refractivity contribution is 5.67. The molecule has 2 rings (SSSR count). The zero-order chi connectivity index (χ0) is 17.0. The highest BCUT2D eigenvalue weighted by atomic mass is 16.7. The van der Waals surface area contributed by atoms with Gasteiger partial charge in [0, 0.05) is 6.54 Å². The highest BCUT2D eigenvalue weighted by Crippen LogP contribution is 2.35. The van der Waals surface area contributed by atoms with Crippen molar-refractivity contribution in [1.29, 1.82) is 0 Å². The Morgan fingerprint density at radius 3 is 2.70 bits per heavy atom. The van der Waals surface area contributed by atoms with Crippen LogP contribution < -0.4 is 14.8 Å². The number of ether oxygens (including phenoxy) is 3. The van der Waals surface area contributed by atoms with E-state index in [-0.39, 0.29) is 19.8 Å². The lowest BCUT2D eigenvalue weighted by molar-refractivity contribution is 0.0122. The molecule has 0 bridgehead atoms. The molecule has 23 heavy (non-hydrogen) atoms. The van der Waals surface area contributed by atoms with E-state index in [1.165, 1.54) is 0 Å². The summed E-state index contributed by atoms with van der Waals surface area (Å²) in [6.45, 7) is 5.65. The van der Waals surface area contributed by atoms with Crippen LogP contribution in [-0.4, -0.2) is 41.3 Å². The van der Waals surface area contributed by atoms with Crippen LogP contribution >= 0.6 is 0 Å². The molecular formula is C16H23NO6. The monoisotopic (exact) mass is 325 g/mol. The van der Waals surface area contributed by atoms with Crippen LogP contribution in [0.4, 0.5) is 4.79 Å². The average Bonchev–Trinajstić information content (AvgIpc) is 2.91. The number of carbonyl (C=O) groups is 1. The molecule has 1 amide bonds. The maximum absolute atomic E-state index is 11.5. The van der Waals surface area contributed by atoms with Crippen LogP contribution in [0.2, 0.25) is 0 Å². The van der Waals surface area contributed by atoms with Crippen molar-refractivity contribution in [3.8, 4) is 11.5 Å². The lowest BCUT2D eigenvalue weighted by Gasteiger charge is -2.21. The van der Waals surface area contributed by atoms with E-state index in [9.17, 15) is 15.0 Å². The van der Waals surface area contributed by atoms with Crippen LogP contribution in [0.1, 0.15) is 38.9 Å². The number of hydrogen-bond donors (Lipinski definition) is 3. The smallest absolute Gasteiger partial charge is 0.407 e. The average molecular weight is 325 g/mol. The van der Waals surface area contributed by atoms with Crippen LogP contribution in [0.3, 0.4) is 0 Å². The van der Waals surface area contributed by atoms with Gasteiger partial charge >= 0.3 is 6.09 Å². The second-order valence-corrected chi connectivity index (χ2v) is 6.34. The van der Waals surface area contributed by atoms with Crippen molar-refractivity contribution in [1.82, 2.24) is 5.32 Å². The summed E-state index contributed by atoms with van der Waals surface area (Å²) >= 11 is 0. The molecule has 128 valence electrons. The van der Waals surface area contributed by atoms with Crippen molar-refractivity contribution >= 4 is 6.09 Å². The fraction of sp³-hybridized carbons (Fsp3) is 0.562. The molecular weight excluding hydrogens is 302 g/mol. The molecule has 7 nitrogen and oxygen atoms in total. The number of nitrogens with one attached hydrogen (secondary N) is 1. The molecule has 1 heterocycles. The highest BCUT2D eigenvalue weighted by Gasteiger charge is 2.22. The summed E-state index contributed by atoms with van der Waals surface area (Å²) in [6, 6.07) is 4.99. The molecule has 1 aliphatic heterocycles.